The molecule has 1 nitrogen and oxygen atoms in total. The van der Waals surface area contributed by atoms with Crippen LogP contribution in [0.3, 0.4) is 0 Å². The minimum Gasteiger partial charge on any atom is -0.280 e. The Kier molecular flexibility index (Phi) is 3.27. The largest absolute Gasteiger partial charge is 0.280 e. The topological polar surface area (TPSA) is 17.1 Å². The molecule has 0 aliphatic heterocycles. The van der Waals surface area contributed by atoms with Crippen LogP contribution in [-0.4, -0.2) is 5.24 Å². The number of hydrogen-bond acceptors (Lipinski definition) is 1. The molecule has 18 heavy (non-hydrogen) atoms. The number of fused-ring (bicyclic) bond motifs is 1. The number of hydrogen-bond donors (Lipinski definition) is 0. The van der Waals surface area contributed by atoms with E-state index in [9.17, 15) is 4.79 Å². The first kappa shape index (κ1) is 12.8. The van der Waals surface area contributed by atoms with Crippen molar-refractivity contribution in [3.8, 4) is 0 Å². The Bertz CT molecular complexity index is 581. The number of allylic oxidation sites excluding steroid dienone is 5. The summed E-state index contributed by atoms with van der Waals surface area (Å²) in [5.41, 5.74) is 3.12. The zero-order valence-electron chi connectivity index (χ0n) is 10.5. The van der Waals surface area contributed by atoms with Crippen molar-refractivity contribution in [3.05, 3.63) is 65.8 Å². The lowest BCUT2D eigenvalue weighted by atomic mass is 9.80. The number of rotatable bonds is 3. The average molecular weight is 259 g/mol. The maximum Gasteiger partial charge on any atom is 0.236 e. The van der Waals surface area contributed by atoms with E-state index in [1.54, 1.807) is 6.08 Å². The van der Waals surface area contributed by atoms with Crippen LogP contribution in [0.2, 0.25) is 0 Å². The van der Waals surface area contributed by atoms with Crippen LogP contribution in [0.25, 0.3) is 5.57 Å². The van der Waals surface area contributed by atoms with Gasteiger partial charge in [0.05, 0.1) is 5.41 Å². The molecule has 0 bridgehead atoms. The van der Waals surface area contributed by atoms with Gasteiger partial charge >= 0.3 is 0 Å². The van der Waals surface area contributed by atoms with Crippen LogP contribution in [-0.2, 0) is 10.2 Å². The molecule has 0 saturated carbocycles. The minimum absolute atomic E-state index is 0.371. The van der Waals surface area contributed by atoms with Gasteiger partial charge in [-0.05, 0) is 47.7 Å². The Morgan fingerprint density at radius 1 is 1.39 bits per heavy atom. The van der Waals surface area contributed by atoms with Crippen LogP contribution in [0.5, 0.6) is 0 Å². The second-order valence-electron chi connectivity index (χ2n) is 4.48. The highest BCUT2D eigenvalue weighted by molar-refractivity contribution is 6.66. The van der Waals surface area contributed by atoms with E-state index in [0.717, 1.165) is 22.3 Å². The zero-order chi connectivity index (χ0) is 13.3. The highest BCUT2D eigenvalue weighted by atomic mass is 35.5. The normalized spacial score (nSPS) is 22.4. The third-order valence-corrected chi connectivity index (χ3v) is 3.89. The Morgan fingerprint density at radius 2 is 2.06 bits per heavy atom. The van der Waals surface area contributed by atoms with Crippen LogP contribution in [0, 0.1) is 0 Å². The molecule has 1 unspecified atom stereocenters. The summed E-state index contributed by atoms with van der Waals surface area (Å²) in [7, 11) is 0. The summed E-state index contributed by atoms with van der Waals surface area (Å²) in [6, 6.07) is 7.86. The fraction of sp³-hybridized carbons (Fsp3) is 0.188. The SMILES string of the molecule is C=CC1=C(C=CC)c2ccccc2C1(C)C(=O)Cl. The number of carbonyl (C=O) groups excluding carboxylic acids is 1. The van der Waals surface area contributed by atoms with Crippen molar-refractivity contribution in [1.29, 1.82) is 0 Å². The van der Waals surface area contributed by atoms with Gasteiger partial charge in [-0.15, -0.1) is 0 Å². The fourth-order valence-corrected chi connectivity index (χ4v) is 2.79. The average Bonchev–Trinajstić information content (AvgIpc) is 2.61. The standard InChI is InChI=1S/C16H15ClO/c1-4-8-11-12-9-6-7-10-14(12)16(3,15(17)18)13(11)5-2/h4-10H,2H2,1,3H3. The van der Waals surface area contributed by atoms with E-state index in [2.05, 4.69) is 6.58 Å². The molecule has 0 aromatic heterocycles. The molecule has 0 radical (unpaired) electrons. The highest BCUT2D eigenvalue weighted by Crippen LogP contribution is 2.48. The quantitative estimate of drug-likeness (QED) is 0.741. The van der Waals surface area contributed by atoms with Gasteiger partial charge in [0.25, 0.3) is 0 Å². The van der Waals surface area contributed by atoms with Gasteiger partial charge in [0.15, 0.2) is 0 Å². The fourth-order valence-electron chi connectivity index (χ4n) is 2.59. The van der Waals surface area contributed by atoms with E-state index >= 15 is 0 Å². The minimum atomic E-state index is -0.797. The van der Waals surface area contributed by atoms with Crippen molar-refractivity contribution >= 4 is 22.4 Å². The first-order chi connectivity index (χ1) is 8.57. The van der Waals surface area contributed by atoms with Crippen molar-refractivity contribution in [2.75, 3.05) is 0 Å². The Morgan fingerprint density at radius 3 is 2.61 bits per heavy atom. The van der Waals surface area contributed by atoms with Crippen LogP contribution < -0.4 is 0 Å². The van der Waals surface area contributed by atoms with Gasteiger partial charge in [-0.25, -0.2) is 0 Å². The first-order valence-corrected chi connectivity index (χ1v) is 6.24. The molecule has 1 aromatic rings. The predicted molar refractivity (Wildman–Crippen MR) is 76.6 cm³/mol. The van der Waals surface area contributed by atoms with Gasteiger partial charge < -0.3 is 0 Å². The van der Waals surface area contributed by atoms with Crippen LogP contribution in [0.4, 0.5) is 0 Å². The smallest absolute Gasteiger partial charge is 0.236 e. The molecule has 0 heterocycles. The highest BCUT2D eigenvalue weighted by Gasteiger charge is 2.44. The molecule has 92 valence electrons. The molecule has 1 aliphatic rings. The van der Waals surface area contributed by atoms with Crippen LogP contribution >= 0.6 is 11.6 Å². The lowest BCUT2D eigenvalue weighted by Gasteiger charge is -2.23. The van der Waals surface area contributed by atoms with E-state index < -0.39 is 5.41 Å². The molecule has 1 atom stereocenters. The number of benzene rings is 1. The van der Waals surface area contributed by atoms with Gasteiger partial charge in [-0.1, -0.05) is 49.1 Å². The van der Waals surface area contributed by atoms with E-state index in [1.807, 2.05) is 50.3 Å². The van der Waals surface area contributed by atoms with Crippen molar-refractivity contribution in [1.82, 2.24) is 0 Å². The van der Waals surface area contributed by atoms with E-state index in [0.29, 0.717) is 0 Å². The third kappa shape index (κ3) is 1.58. The maximum atomic E-state index is 11.9. The Labute approximate surface area is 112 Å². The molecule has 2 rings (SSSR count). The summed E-state index contributed by atoms with van der Waals surface area (Å²) in [5, 5.41) is -0.371. The molecule has 0 saturated heterocycles. The summed E-state index contributed by atoms with van der Waals surface area (Å²) in [6.45, 7) is 7.64. The summed E-state index contributed by atoms with van der Waals surface area (Å²) in [4.78, 5) is 11.9. The van der Waals surface area contributed by atoms with Gasteiger partial charge in [0.1, 0.15) is 0 Å². The summed E-state index contributed by atoms with van der Waals surface area (Å²) in [5.74, 6) is 0. The Balaban J connectivity index is 2.83. The van der Waals surface area contributed by atoms with Crippen LogP contribution in [0.15, 0.2) is 54.6 Å². The van der Waals surface area contributed by atoms with E-state index in [1.165, 1.54) is 0 Å². The number of carbonyl (C=O) groups is 1. The molecule has 1 aromatic carbocycles. The molecule has 0 fully saturated rings. The summed E-state index contributed by atoms with van der Waals surface area (Å²) >= 11 is 5.85. The monoisotopic (exact) mass is 258 g/mol. The molecular formula is C16H15ClO. The lowest BCUT2D eigenvalue weighted by molar-refractivity contribution is -0.114. The van der Waals surface area contributed by atoms with Gasteiger partial charge in [0, 0.05) is 0 Å². The van der Waals surface area contributed by atoms with Gasteiger partial charge in [-0.3, -0.25) is 4.79 Å². The predicted octanol–water partition coefficient (Wildman–Crippen LogP) is 4.24. The summed E-state index contributed by atoms with van der Waals surface area (Å²) < 4.78 is 0. The first-order valence-electron chi connectivity index (χ1n) is 5.87. The van der Waals surface area contributed by atoms with Crippen molar-refractivity contribution in [2.24, 2.45) is 0 Å². The zero-order valence-corrected chi connectivity index (χ0v) is 11.3. The second kappa shape index (κ2) is 4.58. The molecule has 2 heteroatoms. The lowest BCUT2D eigenvalue weighted by Crippen LogP contribution is -2.28. The van der Waals surface area contributed by atoms with E-state index in [-0.39, 0.29) is 5.24 Å². The molecule has 0 amide bonds. The van der Waals surface area contributed by atoms with Crippen LogP contribution in [0.1, 0.15) is 25.0 Å². The molecule has 0 N–H and O–H groups in total. The summed E-state index contributed by atoms with van der Waals surface area (Å²) in [6.07, 6.45) is 5.69. The third-order valence-electron chi connectivity index (χ3n) is 3.52. The van der Waals surface area contributed by atoms with E-state index in [4.69, 9.17) is 11.6 Å². The van der Waals surface area contributed by atoms with Crippen molar-refractivity contribution in [3.63, 3.8) is 0 Å². The molecular weight excluding hydrogens is 244 g/mol. The van der Waals surface area contributed by atoms with Crippen molar-refractivity contribution < 1.29 is 4.79 Å². The van der Waals surface area contributed by atoms with Crippen molar-refractivity contribution in [2.45, 2.75) is 19.3 Å². The Hall–Kier alpha value is -1.60. The maximum absolute atomic E-state index is 11.9. The molecule has 1 aliphatic carbocycles. The number of halogens is 1. The van der Waals surface area contributed by atoms with Gasteiger partial charge in [-0.2, -0.15) is 0 Å². The van der Waals surface area contributed by atoms with Gasteiger partial charge in [0.2, 0.25) is 5.24 Å². The molecule has 0 spiro atoms. The second-order valence-corrected chi connectivity index (χ2v) is 4.82.